The van der Waals surface area contributed by atoms with Crippen LogP contribution in [0.15, 0.2) is 29.4 Å². The van der Waals surface area contributed by atoms with E-state index in [4.69, 9.17) is 10.5 Å². The lowest BCUT2D eigenvalue weighted by Crippen LogP contribution is -2.17. The maximum Gasteiger partial charge on any atom is 0.341 e. The van der Waals surface area contributed by atoms with E-state index < -0.39 is 11.9 Å². The first kappa shape index (κ1) is 23.5. The van der Waals surface area contributed by atoms with Crippen LogP contribution in [0.3, 0.4) is 0 Å². The Morgan fingerprint density at radius 3 is 2.50 bits per heavy atom. The molecule has 2 aromatic heterocycles. The van der Waals surface area contributed by atoms with Crippen LogP contribution in [-0.4, -0.2) is 44.9 Å². The van der Waals surface area contributed by atoms with E-state index in [-0.39, 0.29) is 33.7 Å². The number of thioether (sulfide) groups is 1. The van der Waals surface area contributed by atoms with Crippen LogP contribution in [-0.2, 0) is 16.6 Å². The number of amides is 2. The second-order valence-electron chi connectivity index (χ2n) is 6.91. The number of nitrogens with two attached hydrogens (primary N) is 1. The van der Waals surface area contributed by atoms with Crippen molar-refractivity contribution < 1.29 is 19.1 Å². The van der Waals surface area contributed by atoms with Crippen LogP contribution in [0.1, 0.15) is 38.1 Å². The Hall–Kier alpha value is -3.18. The lowest BCUT2D eigenvalue weighted by Gasteiger charge is -2.07. The van der Waals surface area contributed by atoms with Crippen molar-refractivity contribution in [1.82, 2.24) is 14.8 Å². The molecule has 3 N–H and O–H groups in total. The number of esters is 1. The predicted octanol–water partition coefficient (Wildman–Crippen LogP) is 3.17. The molecule has 0 fully saturated rings. The number of rotatable bonds is 8. The van der Waals surface area contributed by atoms with E-state index in [1.165, 1.54) is 11.8 Å². The summed E-state index contributed by atoms with van der Waals surface area (Å²) >= 11 is 2.16. The molecule has 0 saturated heterocycles. The highest BCUT2D eigenvalue weighted by Gasteiger charge is 2.26. The van der Waals surface area contributed by atoms with Crippen LogP contribution in [0.4, 0.5) is 5.00 Å². The molecule has 0 spiro atoms. The molecule has 0 aliphatic carbocycles. The minimum atomic E-state index is -0.671. The molecule has 0 bridgehead atoms. The van der Waals surface area contributed by atoms with Gasteiger partial charge in [0, 0.05) is 12.6 Å². The largest absolute Gasteiger partial charge is 0.462 e. The monoisotopic (exact) mass is 473 g/mol. The second-order valence-corrected chi connectivity index (χ2v) is 8.88. The predicted molar refractivity (Wildman–Crippen MR) is 124 cm³/mol. The highest BCUT2D eigenvalue weighted by atomic mass is 32.2. The third kappa shape index (κ3) is 5.00. The average molecular weight is 474 g/mol. The molecule has 0 aliphatic rings. The number of primary amides is 1. The highest BCUT2D eigenvalue weighted by molar-refractivity contribution is 7.99. The third-order valence-electron chi connectivity index (χ3n) is 4.58. The summed E-state index contributed by atoms with van der Waals surface area (Å²) in [7, 11) is 1.83. The first-order valence-electron chi connectivity index (χ1n) is 9.72. The van der Waals surface area contributed by atoms with E-state index >= 15 is 0 Å². The first-order chi connectivity index (χ1) is 15.2. The molecule has 2 heterocycles. The van der Waals surface area contributed by atoms with Gasteiger partial charge in [-0.2, -0.15) is 0 Å². The number of anilines is 1. The van der Waals surface area contributed by atoms with Gasteiger partial charge in [-0.25, -0.2) is 4.79 Å². The van der Waals surface area contributed by atoms with Gasteiger partial charge in [0.2, 0.25) is 5.91 Å². The summed E-state index contributed by atoms with van der Waals surface area (Å²) in [6.07, 6.45) is 0. The van der Waals surface area contributed by atoms with Crippen molar-refractivity contribution in [2.75, 3.05) is 17.7 Å². The lowest BCUT2D eigenvalue weighted by molar-refractivity contribution is -0.113. The fourth-order valence-electron chi connectivity index (χ4n) is 2.97. The van der Waals surface area contributed by atoms with E-state index in [9.17, 15) is 14.4 Å². The summed E-state index contributed by atoms with van der Waals surface area (Å²) in [5.41, 5.74) is 8.00. The number of aromatic nitrogens is 3. The van der Waals surface area contributed by atoms with Crippen molar-refractivity contribution in [2.24, 2.45) is 12.8 Å². The van der Waals surface area contributed by atoms with Gasteiger partial charge in [-0.1, -0.05) is 41.6 Å². The molecule has 9 nitrogen and oxygen atoms in total. The van der Waals surface area contributed by atoms with Crippen LogP contribution in [0.25, 0.3) is 11.4 Å². The maximum absolute atomic E-state index is 12.6. The van der Waals surface area contributed by atoms with Gasteiger partial charge in [0.25, 0.3) is 5.91 Å². The Bertz CT molecular complexity index is 1170. The average Bonchev–Trinajstić information content (AvgIpc) is 3.27. The standard InChI is InChI=1S/C21H23N5O4S2/c1-5-30-20(29)15-12(3)16(17(22)28)32-19(15)23-14(27)10-31-21-25-24-18(26(21)4)13-8-6-11(2)7-9-13/h6-9H,5,10H2,1-4H3,(H2,22,28)(H,23,27). The molecule has 0 atom stereocenters. The van der Waals surface area contributed by atoms with Crippen molar-refractivity contribution in [3.8, 4) is 11.4 Å². The summed E-state index contributed by atoms with van der Waals surface area (Å²) in [4.78, 5) is 36.8. The summed E-state index contributed by atoms with van der Waals surface area (Å²) in [5.74, 6) is -0.927. The van der Waals surface area contributed by atoms with Gasteiger partial charge < -0.3 is 20.4 Å². The molecular formula is C21H23N5O4S2. The molecule has 3 rings (SSSR count). The van der Waals surface area contributed by atoms with Gasteiger partial charge in [-0.3, -0.25) is 9.59 Å². The number of nitrogens with one attached hydrogen (secondary N) is 1. The number of hydrogen-bond donors (Lipinski definition) is 2. The Labute approximate surface area is 193 Å². The second kappa shape index (κ2) is 9.96. The van der Waals surface area contributed by atoms with Gasteiger partial charge in [0.1, 0.15) is 5.00 Å². The van der Waals surface area contributed by atoms with E-state index in [2.05, 4.69) is 15.5 Å². The van der Waals surface area contributed by atoms with Gasteiger partial charge >= 0.3 is 5.97 Å². The van der Waals surface area contributed by atoms with Gasteiger partial charge in [0.15, 0.2) is 11.0 Å². The molecule has 0 aliphatic heterocycles. The Kier molecular flexibility index (Phi) is 7.31. The molecular weight excluding hydrogens is 450 g/mol. The van der Waals surface area contributed by atoms with Gasteiger partial charge in [-0.15, -0.1) is 21.5 Å². The number of benzene rings is 1. The van der Waals surface area contributed by atoms with Crippen molar-refractivity contribution in [3.63, 3.8) is 0 Å². The van der Waals surface area contributed by atoms with Crippen LogP contribution >= 0.6 is 23.1 Å². The normalized spacial score (nSPS) is 10.8. The summed E-state index contributed by atoms with van der Waals surface area (Å²) in [6, 6.07) is 7.92. The zero-order valence-corrected chi connectivity index (χ0v) is 19.7. The molecule has 0 radical (unpaired) electrons. The number of carbonyl (C=O) groups is 3. The molecule has 168 valence electrons. The Balaban J connectivity index is 1.73. The maximum atomic E-state index is 12.6. The molecule has 32 heavy (non-hydrogen) atoms. The third-order valence-corrected chi connectivity index (χ3v) is 6.82. The van der Waals surface area contributed by atoms with Crippen molar-refractivity contribution in [1.29, 1.82) is 0 Å². The molecule has 0 saturated carbocycles. The summed E-state index contributed by atoms with van der Waals surface area (Å²) < 4.78 is 6.87. The zero-order chi connectivity index (χ0) is 23.4. The molecule has 2 amide bonds. The quantitative estimate of drug-likeness (QED) is 0.380. The number of aryl methyl sites for hydroxylation is 1. The van der Waals surface area contributed by atoms with Crippen molar-refractivity contribution in [3.05, 3.63) is 45.8 Å². The summed E-state index contributed by atoms with van der Waals surface area (Å²) in [5, 5.41) is 11.9. The van der Waals surface area contributed by atoms with E-state index in [0.717, 1.165) is 22.5 Å². The fourth-order valence-corrected chi connectivity index (χ4v) is 4.75. The van der Waals surface area contributed by atoms with Crippen molar-refractivity contribution in [2.45, 2.75) is 25.9 Å². The minimum absolute atomic E-state index is 0.0327. The lowest BCUT2D eigenvalue weighted by atomic mass is 10.1. The first-order valence-corrected chi connectivity index (χ1v) is 11.5. The van der Waals surface area contributed by atoms with Crippen LogP contribution in [0.2, 0.25) is 0 Å². The summed E-state index contributed by atoms with van der Waals surface area (Å²) in [6.45, 7) is 5.45. The SMILES string of the molecule is CCOC(=O)c1c(NC(=O)CSc2nnc(-c3ccc(C)cc3)n2C)sc(C(N)=O)c1C. The van der Waals surface area contributed by atoms with Crippen LogP contribution < -0.4 is 11.1 Å². The number of nitrogens with zero attached hydrogens (tertiary/aromatic N) is 3. The van der Waals surface area contributed by atoms with Gasteiger partial charge in [-0.05, 0) is 26.3 Å². The smallest absolute Gasteiger partial charge is 0.341 e. The number of hydrogen-bond acceptors (Lipinski definition) is 8. The van der Waals surface area contributed by atoms with Crippen molar-refractivity contribution >= 4 is 45.9 Å². The molecule has 3 aromatic rings. The van der Waals surface area contributed by atoms with E-state index in [1.807, 2.05) is 42.8 Å². The van der Waals surface area contributed by atoms with Gasteiger partial charge in [0.05, 0.1) is 22.8 Å². The number of thiophene rings is 1. The highest BCUT2D eigenvalue weighted by Crippen LogP contribution is 2.34. The Morgan fingerprint density at radius 1 is 1.19 bits per heavy atom. The number of ether oxygens (including phenoxy) is 1. The number of carbonyl (C=O) groups excluding carboxylic acids is 3. The minimum Gasteiger partial charge on any atom is -0.462 e. The van der Waals surface area contributed by atoms with E-state index in [1.54, 1.807) is 13.8 Å². The fraction of sp³-hybridized carbons (Fsp3) is 0.286. The molecule has 11 heteroatoms. The Morgan fingerprint density at radius 2 is 1.88 bits per heavy atom. The molecule has 1 aromatic carbocycles. The topological polar surface area (TPSA) is 129 Å². The van der Waals surface area contributed by atoms with Crippen LogP contribution in [0, 0.1) is 13.8 Å². The molecule has 0 unspecified atom stereocenters. The van der Waals surface area contributed by atoms with Crippen LogP contribution in [0.5, 0.6) is 0 Å². The zero-order valence-electron chi connectivity index (χ0n) is 18.1. The van der Waals surface area contributed by atoms with E-state index in [0.29, 0.717) is 16.5 Å².